The van der Waals surface area contributed by atoms with Crippen molar-refractivity contribution in [2.75, 3.05) is 11.9 Å². The van der Waals surface area contributed by atoms with Crippen molar-refractivity contribution < 1.29 is 0 Å². The van der Waals surface area contributed by atoms with Gasteiger partial charge in [-0.25, -0.2) is 0 Å². The number of nitrogens with one attached hydrogen (secondary N) is 1. The molecule has 1 aromatic heterocycles. The third-order valence-electron chi connectivity index (χ3n) is 3.89. The van der Waals surface area contributed by atoms with Gasteiger partial charge in [0.2, 0.25) is 0 Å². The Kier molecular flexibility index (Phi) is 4.36. The van der Waals surface area contributed by atoms with E-state index in [0.29, 0.717) is 0 Å². The zero-order valence-corrected chi connectivity index (χ0v) is 14.5. The molecule has 0 amide bonds. The van der Waals surface area contributed by atoms with E-state index in [0.717, 1.165) is 33.5 Å². The van der Waals surface area contributed by atoms with Gasteiger partial charge in [0.1, 0.15) is 0 Å². The molecule has 3 rings (SSSR count). The number of pyridine rings is 1. The fourth-order valence-corrected chi connectivity index (χ4v) is 4.15. The van der Waals surface area contributed by atoms with Crippen LogP contribution in [0.5, 0.6) is 0 Å². The molecule has 1 aliphatic carbocycles. The van der Waals surface area contributed by atoms with Gasteiger partial charge in [0.15, 0.2) is 0 Å². The van der Waals surface area contributed by atoms with Crippen molar-refractivity contribution >= 4 is 50.8 Å². The molecule has 2 aromatic rings. The van der Waals surface area contributed by atoms with Crippen LogP contribution in [0.2, 0.25) is 5.02 Å². The van der Waals surface area contributed by atoms with Crippen LogP contribution < -0.4 is 5.32 Å². The Morgan fingerprint density at radius 3 is 2.85 bits per heavy atom. The van der Waals surface area contributed by atoms with Crippen LogP contribution >= 0.6 is 34.2 Å². The molecule has 1 N–H and O–H groups in total. The van der Waals surface area contributed by atoms with Crippen LogP contribution in [0.1, 0.15) is 37.4 Å². The quantitative estimate of drug-likeness (QED) is 0.554. The molecule has 0 atom stereocenters. The number of aromatic nitrogens is 1. The van der Waals surface area contributed by atoms with Gasteiger partial charge in [-0.1, -0.05) is 18.0 Å². The summed E-state index contributed by atoms with van der Waals surface area (Å²) in [5.41, 5.74) is 5.04. The lowest BCUT2D eigenvalue weighted by atomic mass is 10.0. The van der Waals surface area contributed by atoms with Gasteiger partial charge in [-0.3, -0.25) is 4.98 Å². The molecule has 0 spiro atoms. The summed E-state index contributed by atoms with van der Waals surface area (Å²) in [7, 11) is 0. The molecule has 1 aromatic carbocycles. The zero-order chi connectivity index (χ0) is 14.1. The van der Waals surface area contributed by atoms with E-state index in [2.05, 4.69) is 40.9 Å². The Hall–Kier alpha value is -0.550. The summed E-state index contributed by atoms with van der Waals surface area (Å²) >= 11 is 8.59. The Morgan fingerprint density at radius 2 is 2.05 bits per heavy atom. The molecular weight excluding hydrogens is 383 g/mol. The van der Waals surface area contributed by atoms with Crippen molar-refractivity contribution in [1.29, 1.82) is 0 Å². The number of rotatable bonds is 2. The SMILES string of the molecule is CCNc1c2c(nc3c(I)cc(Cl)cc13)CCCCC2. The lowest BCUT2D eigenvalue weighted by Gasteiger charge is -2.17. The number of anilines is 1. The minimum absolute atomic E-state index is 0.788. The first-order valence-electron chi connectivity index (χ1n) is 7.25. The highest BCUT2D eigenvalue weighted by molar-refractivity contribution is 14.1. The van der Waals surface area contributed by atoms with Gasteiger partial charge in [-0.05, 0) is 72.9 Å². The molecule has 106 valence electrons. The second-order valence-electron chi connectivity index (χ2n) is 5.29. The Labute approximate surface area is 138 Å². The van der Waals surface area contributed by atoms with Gasteiger partial charge in [0.05, 0.1) is 5.52 Å². The van der Waals surface area contributed by atoms with Gasteiger partial charge in [0, 0.05) is 31.9 Å². The Morgan fingerprint density at radius 1 is 1.25 bits per heavy atom. The molecule has 0 bridgehead atoms. The second-order valence-corrected chi connectivity index (χ2v) is 6.89. The van der Waals surface area contributed by atoms with E-state index in [1.807, 2.05) is 6.07 Å². The number of nitrogens with zero attached hydrogens (tertiary/aromatic N) is 1. The lowest BCUT2D eigenvalue weighted by Crippen LogP contribution is -2.07. The molecular formula is C16H18ClIN2. The summed E-state index contributed by atoms with van der Waals surface area (Å²) in [5.74, 6) is 0. The summed E-state index contributed by atoms with van der Waals surface area (Å²) in [6, 6.07) is 4.05. The summed E-state index contributed by atoms with van der Waals surface area (Å²) in [6.07, 6.45) is 6.04. The van der Waals surface area contributed by atoms with Crippen molar-refractivity contribution in [3.63, 3.8) is 0 Å². The third kappa shape index (κ3) is 2.62. The van der Waals surface area contributed by atoms with Gasteiger partial charge < -0.3 is 5.32 Å². The van der Waals surface area contributed by atoms with Gasteiger partial charge >= 0.3 is 0 Å². The zero-order valence-electron chi connectivity index (χ0n) is 11.6. The van der Waals surface area contributed by atoms with Crippen molar-refractivity contribution in [2.45, 2.75) is 39.0 Å². The van der Waals surface area contributed by atoms with Crippen molar-refractivity contribution in [3.8, 4) is 0 Å². The van der Waals surface area contributed by atoms with Crippen molar-refractivity contribution in [2.24, 2.45) is 0 Å². The molecule has 0 aliphatic heterocycles. The monoisotopic (exact) mass is 400 g/mol. The van der Waals surface area contributed by atoms with E-state index in [4.69, 9.17) is 16.6 Å². The van der Waals surface area contributed by atoms with E-state index < -0.39 is 0 Å². The normalized spacial score (nSPS) is 14.9. The van der Waals surface area contributed by atoms with Gasteiger partial charge in [-0.2, -0.15) is 0 Å². The van der Waals surface area contributed by atoms with E-state index in [-0.39, 0.29) is 0 Å². The molecule has 4 heteroatoms. The van der Waals surface area contributed by atoms with Crippen molar-refractivity contribution in [3.05, 3.63) is 32.0 Å². The van der Waals surface area contributed by atoms with Crippen LogP contribution in [0, 0.1) is 3.57 Å². The first-order chi connectivity index (χ1) is 9.70. The number of fused-ring (bicyclic) bond motifs is 2. The topological polar surface area (TPSA) is 24.9 Å². The minimum atomic E-state index is 0.788. The standard InChI is InChI=1S/C16H18ClIN2/c1-2-19-15-11-6-4-3-5-7-14(11)20-16-12(15)8-10(17)9-13(16)18/h8-9H,2-7H2,1H3,(H,19,20). The molecule has 1 aliphatic rings. The largest absolute Gasteiger partial charge is 0.384 e. The maximum absolute atomic E-state index is 6.25. The van der Waals surface area contributed by atoms with E-state index >= 15 is 0 Å². The fourth-order valence-electron chi connectivity index (χ4n) is 3.01. The highest BCUT2D eigenvalue weighted by Crippen LogP contribution is 2.36. The smallest absolute Gasteiger partial charge is 0.0860 e. The number of benzene rings is 1. The summed E-state index contributed by atoms with van der Waals surface area (Å²) < 4.78 is 1.14. The first-order valence-corrected chi connectivity index (χ1v) is 8.70. The fraction of sp³-hybridized carbons (Fsp3) is 0.438. The van der Waals surface area contributed by atoms with E-state index in [1.54, 1.807) is 0 Å². The minimum Gasteiger partial charge on any atom is -0.384 e. The first kappa shape index (κ1) is 14.4. The average molecular weight is 401 g/mol. The van der Waals surface area contributed by atoms with E-state index in [1.165, 1.54) is 41.6 Å². The number of hydrogen-bond donors (Lipinski definition) is 1. The predicted molar refractivity (Wildman–Crippen MR) is 94.9 cm³/mol. The summed E-state index contributed by atoms with van der Waals surface area (Å²) in [5, 5.41) is 5.52. The Bertz CT molecular complexity index is 655. The average Bonchev–Trinajstić information content (AvgIpc) is 2.65. The van der Waals surface area contributed by atoms with E-state index in [9.17, 15) is 0 Å². The van der Waals surface area contributed by atoms with Gasteiger partial charge in [-0.15, -0.1) is 0 Å². The molecule has 1 heterocycles. The molecule has 0 saturated carbocycles. The second kappa shape index (κ2) is 6.06. The number of hydrogen-bond acceptors (Lipinski definition) is 2. The maximum Gasteiger partial charge on any atom is 0.0860 e. The van der Waals surface area contributed by atoms with Crippen LogP contribution in [0.3, 0.4) is 0 Å². The van der Waals surface area contributed by atoms with Crippen molar-refractivity contribution in [1.82, 2.24) is 4.98 Å². The molecule has 0 radical (unpaired) electrons. The predicted octanol–water partition coefficient (Wildman–Crippen LogP) is 5.19. The summed E-state index contributed by atoms with van der Waals surface area (Å²) in [6.45, 7) is 3.07. The van der Waals surface area contributed by atoms with Gasteiger partial charge in [0.25, 0.3) is 0 Å². The Balaban J connectivity index is 2.33. The maximum atomic E-state index is 6.25. The van der Waals surface area contributed by atoms with Crippen LogP contribution in [-0.4, -0.2) is 11.5 Å². The van der Waals surface area contributed by atoms with Crippen LogP contribution in [0.15, 0.2) is 12.1 Å². The van der Waals surface area contributed by atoms with Crippen LogP contribution in [0.4, 0.5) is 5.69 Å². The molecule has 2 nitrogen and oxygen atoms in total. The summed E-state index contributed by atoms with van der Waals surface area (Å²) in [4.78, 5) is 4.95. The van der Waals surface area contributed by atoms with Crippen LogP contribution in [0.25, 0.3) is 10.9 Å². The van der Waals surface area contributed by atoms with Crippen LogP contribution in [-0.2, 0) is 12.8 Å². The molecule has 0 unspecified atom stereocenters. The molecule has 0 fully saturated rings. The molecule has 0 saturated heterocycles. The highest BCUT2D eigenvalue weighted by atomic mass is 127. The number of aryl methyl sites for hydroxylation is 1. The highest BCUT2D eigenvalue weighted by Gasteiger charge is 2.18. The third-order valence-corrected chi connectivity index (χ3v) is 4.93. The number of halogens is 2. The lowest BCUT2D eigenvalue weighted by molar-refractivity contribution is 0.709. The molecule has 20 heavy (non-hydrogen) atoms.